The predicted molar refractivity (Wildman–Crippen MR) is 38.4 cm³/mol. The molecule has 0 aliphatic heterocycles. The van der Waals surface area contributed by atoms with Crippen molar-refractivity contribution in [1.29, 1.82) is 0 Å². The Kier molecular flexibility index (Phi) is 8.13. The summed E-state index contributed by atoms with van der Waals surface area (Å²) in [7, 11) is 0. The molecular formula is C6H10Cl2N2. The molecule has 0 unspecified atom stereocenters. The fourth-order valence-electron chi connectivity index (χ4n) is 0.583. The maximum Gasteiger partial charge on any atom is 0.241 e. The number of halogens is 2. The second-order valence-corrected chi connectivity index (χ2v) is 1.60. The number of hydrogen-bond acceptors (Lipinski definition) is 0. The predicted octanol–water partition coefficient (Wildman–Crippen LogP) is -2.09. The fraction of sp³-hybridized carbons (Fsp3) is 0.167. The van der Waals surface area contributed by atoms with Crippen molar-refractivity contribution >= 4 is 12.4 Å². The maximum atomic E-state index is 3.60. The van der Waals surface area contributed by atoms with Gasteiger partial charge in [-0.2, -0.15) is 0 Å². The van der Waals surface area contributed by atoms with Crippen molar-refractivity contribution in [1.82, 2.24) is 4.98 Å². The van der Waals surface area contributed by atoms with Crippen LogP contribution < -0.4 is 17.0 Å². The van der Waals surface area contributed by atoms with Crippen LogP contribution in [0, 0.1) is 0 Å². The molecule has 0 atom stereocenters. The van der Waals surface area contributed by atoms with E-state index in [-0.39, 0.29) is 24.8 Å². The molecule has 0 aliphatic carbocycles. The van der Waals surface area contributed by atoms with Crippen molar-refractivity contribution in [2.24, 2.45) is 0 Å². The zero-order valence-corrected chi connectivity index (χ0v) is 7.03. The Bertz CT molecular complexity index is 160. The average Bonchev–Trinajstić information content (AvgIpc) is 2.19. The van der Waals surface area contributed by atoms with Gasteiger partial charge in [0.15, 0.2) is 0 Å². The lowest BCUT2D eigenvalue weighted by molar-refractivity contribution is -0.685. The number of nitrogens with zero attached hydrogens (tertiary/aromatic N) is 1. The molecule has 0 spiro atoms. The summed E-state index contributed by atoms with van der Waals surface area (Å²) in [6.07, 6.45) is 7.58. The van der Waals surface area contributed by atoms with Gasteiger partial charge in [-0.1, -0.05) is 12.7 Å². The second-order valence-electron chi connectivity index (χ2n) is 1.60. The smallest absolute Gasteiger partial charge is 0.241 e. The molecule has 1 N–H and O–H groups in total. The molecule has 0 radical (unpaired) electrons. The lowest BCUT2D eigenvalue weighted by Crippen LogP contribution is -3.00. The van der Waals surface area contributed by atoms with Gasteiger partial charge in [-0.3, -0.25) is 4.98 Å². The molecule has 0 fully saturated rings. The number of imidazole rings is 1. The number of allylic oxidation sites excluding steroid dienone is 1. The van der Waals surface area contributed by atoms with E-state index in [0.717, 1.165) is 6.54 Å². The Hall–Kier alpha value is -0.470. The van der Waals surface area contributed by atoms with Crippen LogP contribution in [-0.2, 0) is 6.54 Å². The maximum absolute atomic E-state index is 3.60. The number of H-pyrrole nitrogens is 1. The summed E-state index contributed by atoms with van der Waals surface area (Å²) in [6, 6.07) is 0. The number of rotatable bonds is 2. The van der Waals surface area contributed by atoms with Gasteiger partial charge in [-0.25, -0.2) is 4.57 Å². The van der Waals surface area contributed by atoms with E-state index in [9.17, 15) is 0 Å². The van der Waals surface area contributed by atoms with Crippen molar-refractivity contribution in [3.05, 3.63) is 31.4 Å². The van der Waals surface area contributed by atoms with E-state index < -0.39 is 0 Å². The number of aromatic amines is 1. The quantitative estimate of drug-likeness (QED) is 0.399. The van der Waals surface area contributed by atoms with Crippen LogP contribution in [0.5, 0.6) is 0 Å². The number of hydrogen-bond donors (Lipinski definition) is 1. The summed E-state index contributed by atoms with van der Waals surface area (Å²) in [6.45, 7) is 4.48. The first-order valence-corrected chi connectivity index (χ1v) is 2.56. The van der Waals surface area contributed by atoms with Crippen molar-refractivity contribution in [3.8, 4) is 0 Å². The summed E-state index contributed by atoms with van der Waals surface area (Å²) < 4.78 is 2.01. The topological polar surface area (TPSA) is 19.7 Å². The van der Waals surface area contributed by atoms with Gasteiger partial charge in [0.05, 0.1) is 0 Å². The second kappa shape index (κ2) is 6.65. The van der Waals surface area contributed by atoms with Crippen LogP contribution in [0.4, 0.5) is 0 Å². The van der Waals surface area contributed by atoms with E-state index in [4.69, 9.17) is 0 Å². The van der Waals surface area contributed by atoms with Gasteiger partial charge < -0.3 is 12.4 Å². The van der Waals surface area contributed by atoms with Gasteiger partial charge in [-0.05, 0) is 0 Å². The standard InChI is InChI=1S/C6H8N2.2ClH/c1-2-4-8-5-3-7-6-8;;/h2-3,5-6H,1,4H2;2*1H. The van der Waals surface area contributed by atoms with Crippen LogP contribution in [0.1, 0.15) is 0 Å². The lowest BCUT2D eigenvalue weighted by atomic mass is 10.6. The number of aromatic nitrogens is 2. The molecule has 2 nitrogen and oxygen atoms in total. The van der Waals surface area contributed by atoms with Gasteiger partial charge in [0.2, 0.25) is 6.33 Å². The first kappa shape index (κ1) is 12.2. The van der Waals surface area contributed by atoms with Crippen LogP contribution in [-0.4, -0.2) is 4.98 Å². The molecule has 1 heterocycles. The monoisotopic (exact) mass is 180 g/mol. The van der Waals surface area contributed by atoms with Crippen LogP contribution in [0.25, 0.3) is 0 Å². The molecule has 0 saturated carbocycles. The zero-order valence-electron chi connectivity index (χ0n) is 5.46. The van der Waals surface area contributed by atoms with Crippen molar-refractivity contribution in [2.75, 3.05) is 0 Å². The summed E-state index contributed by atoms with van der Waals surface area (Å²) >= 11 is 0. The summed E-state index contributed by atoms with van der Waals surface area (Å²) in [5.41, 5.74) is 0. The Balaban J connectivity index is 0. The van der Waals surface area contributed by atoms with E-state index in [1.807, 2.05) is 29.4 Å². The minimum atomic E-state index is 0. The Morgan fingerprint density at radius 1 is 1.60 bits per heavy atom. The third kappa shape index (κ3) is 3.54. The SMILES string of the molecule is C=CC[n+]1cc[nH]c1.Cl.[Cl-]. The average molecular weight is 181 g/mol. The van der Waals surface area contributed by atoms with Gasteiger partial charge in [0, 0.05) is 0 Å². The third-order valence-electron chi connectivity index (χ3n) is 0.943. The van der Waals surface area contributed by atoms with Crippen molar-refractivity contribution < 1.29 is 17.0 Å². The molecule has 58 valence electrons. The van der Waals surface area contributed by atoms with E-state index in [1.165, 1.54) is 0 Å². The molecular weight excluding hydrogens is 171 g/mol. The van der Waals surface area contributed by atoms with Crippen LogP contribution in [0.2, 0.25) is 0 Å². The van der Waals surface area contributed by atoms with Crippen LogP contribution >= 0.6 is 12.4 Å². The largest absolute Gasteiger partial charge is 1.00 e. The fourth-order valence-corrected chi connectivity index (χ4v) is 0.583. The minimum Gasteiger partial charge on any atom is -1.00 e. The molecule has 0 aromatic carbocycles. The zero-order chi connectivity index (χ0) is 5.82. The Morgan fingerprint density at radius 2 is 2.30 bits per heavy atom. The van der Waals surface area contributed by atoms with E-state index in [1.54, 1.807) is 0 Å². The van der Waals surface area contributed by atoms with E-state index in [2.05, 4.69) is 11.6 Å². The molecule has 0 saturated heterocycles. The highest BCUT2D eigenvalue weighted by atomic mass is 35.5. The molecule has 1 aromatic heterocycles. The molecule has 4 heteroatoms. The first-order valence-electron chi connectivity index (χ1n) is 2.56. The summed E-state index contributed by atoms with van der Waals surface area (Å²) in [4.78, 5) is 2.93. The van der Waals surface area contributed by atoms with Crippen molar-refractivity contribution in [3.63, 3.8) is 0 Å². The highest BCUT2D eigenvalue weighted by Crippen LogP contribution is 1.68. The van der Waals surface area contributed by atoms with Gasteiger partial charge in [0.1, 0.15) is 18.9 Å². The van der Waals surface area contributed by atoms with E-state index >= 15 is 0 Å². The normalized spacial score (nSPS) is 7.20. The van der Waals surface area contributed by atoms with Gasteiger partial charge in [-0.15, -0.1) is 12.4 Å². The summed E-state index contributed by atoms with van der Waals surface area (Å²) in [5, 5.41) is 0. The molecule has 10 heavy (non-hydrogen) atoms. The van der Waals surface area contributed by atoms with Crippen molar-refractivity contribution in [2.45, 2.75) is 6.54 Å². The minimum absolute atomic E-state index is 0. The highest BCUT2D eigenvalue weighted by Gasteiger charge is 1.87. The molecule has 0 amide bonds. The lowest BCUT2D eigenvalue weighted by Gasteiger charge is -1.81. The molecule has 0 bridgehead atoms. The van der Waals surface area contributed by atoms with E-state index in [0.29, 0.717) is 0 Å². The first-order chi connectivity index (χ1) is 3.93. The van der Waals surface area contributed by atoms with Gasteiger partial charge >= 0.3 is 0 Å². The summed E-state index contributed by atoms with van der Waals surface area (Å²) in [5.74, 6) is 0. The molecule has 1 aromatic rings. The third-order valence-corrected chi connectivity index (χ3v) is 0.943. The molecule has 1 rings (SSSR count). The number of nitrogens with one attached hydrogen (secondary N) is 1. The van der Waals surface area contributed by atoms with Gasteiger partial charge in [0.25, 0.3) is 0 Å². The highest BCUT2D eigenvalue weighted by molar-refractivity contribution is 5.85. The van der Waals surface area contributed by atoms with Crippen LogP contribution in [0.15, 0.2) is 31.4 Å². The Labute approximate surface area is 72.8 Å². The van der Waals surface area contributed by atoms with Crippen LogP contribution in [0.3, 0.4) is 0 Å². The molecule has 0 aliphatic rings. The Morgan fingerprint density at radius 3 is 2.70 bits per heavy atom.